The number of carbonyl (C=O) groups excluding carboxylic acids is 1. The zero-order valence-electron chi connectivity index (χ0n) is 15.6. The molecule has 0 bridgehead atoms. The summed E-state index contributed by atoms with van der Waals surface area (Å²) in [4.78, 5) is 16.5. The minimum Gasteiger partial charge on any atom is -0.346 e. The maximum Gasteiger partial charge on any atom is 0.261 e. The lowest BCUT2D eigenvalue weighted by molar-refractivity contribution is 0.0939. The summed E-state index contributed by atoms with van der Waals surface area (Å²) in [7, 11) is -3.72. The lowest BCUT2D eigenvalue weighted by atomic mass is 10.1. The van der Waals surface area contributed by atoms with Crippen molar-refractivity contribution in [3.63, 3.8) is 0 Å². The van der Waals surface area contributed by atoms with E-state index in [1.807, 2.05) is 38.1 Å². The quantitative estimate of drug-likeness (QED) is 0.666. The molecule has 0 saturated heterocycles. The number of carbonyl (C=O) groups is 1. The molecule has 2 N–H and O–H groups in total. The van der Waals surface area contributed by atoms with Crippen LogP contribution < -0.4 is 10.0 Å². The molecule has 6 nitrogen and oxygen atoms in total. The first-order valence-corrected chi connectivity index (χ1v) is 10.2. The zero-order valence-corrected chi connectivity index (χ0v) is 16.4. The van der Waals surface area contributed by atoms with Gasteiger partial charge in [-0.3, -0.25) is 14.5 Å². The molecule has 3 rings (SSSR count). The Bertz CT molecular complexity index is 1050. The summed E-state index contributed by atoms with van der Waals surface area (Å²) in [5, 5.41) is 2.88. The molecule has 0 fully saturated rings. The fourth-order valence-electron chi connectivity index (χ4n) is 2.64. The molecule has 1 atom stereocenters. The highest BCUT2D eigenvalue weighted by molar-refractivity contribution is 7.92. The summed E-state index contributed by atoms with van der Waals surface area (Å²) >= 11 is 0. The van der Waals surface area contributed by atoms with Crippen LogP contribution in [-0.2, 0) is 10.0 Å². The van der Waals surface area contributed by atoms with Gasteiger partial charge in [0, 0.05) is 23.6 Å². The molecule has 1 amide bonds. The van der Waals surface area contributed by atoms with Gasteiger partial charge in [-0.25, -0.2) is 8.42 Å². The highest BCUT2D eigenvalue weighted by Gasteiger charge is 2.16. The van der Waals surface area contributed by atoms with Gasteiger partial charge in [0.2, 0.25) is 0 Å². The van der Waals surface area contributed by atoms with E-state index in [1.165, 1.54) is 24.3 Å². The molecule has 7 heteroatoms. The van der Waals surface area contributed by atoms with E-state index in [0.717, 1.165) is 11.1 Å². The van der Waals surface area contributed by atoms with Gasteiger partial charge in [0.1, 0.15) is 0 Å². The molecule has 144 valence electrons. The van der Waals surface area contributed by atoms with E-state index in [1.54, 1.807) is 24.5 Å². The monoisotopic (exact) mass is 395 g/mol. The number of hydrogen-bond donors (Lipinski definition) is 2. The molecule has 0 saturated carbocycles. The van der Waals surface area contributed by atoms with Crippen LogP contribution in [0.3, 0.4) is 0 Å². The first kappa shape index (κ1) is 19.6. The molecule has 0 aliphatic rings. The van der Waals surface area contributed by atoms with Crippen LogP contribution in [0.4, 0.5) is 5.69 Å². The Morgan fingerprint density at radius 1 is 0.929 bits per heavy atom. The van der Waals surface area contributed by atoms with E-state index in [4.69, 9.17) is 0 Å². The number of amides is 1. The first-order chi connectivity index (χ1) is 13.3. The van der Waals surface area contributed by atoms with E-state index < -0.39 is 10.0 Å². The van der Waals surface area contributed by atoms with Gasteiger partial charge in [0.25, 0.3) is 15.9 Å². The summed E-state index contributed by atoms with van der Waals surface area (Å²) in [5.74, 6) is -0.278. The predicted molar refractivity (Wildman–Crippen MR) is 109 cm³/mol. The molecule has 1 heterocycles. The third-order valence-electron chi connectivity index (χ3n) is 4.28. The minimum atomic E-state index is -3.72. The van der Waals surface area contributed by atoms with Crippen LogP contribution in [0.2, 0.25) is 0 Å². The van der Waals surface area contributed by atoms with Crippen LogP contribution in [0.25, 0.3) is 0 Å². The molecule has 1 aromatic heterocycles. The van der Waals surface area contributed by atoms with Gasteiger partial charge in [-0.2, -0.15) is 0 Å². The Morgan fingerprint density at radius 2 is 1.54 bits per heavy atom. The Balaban J connectivity index is 1.70. The predicted octanol–water partition coefficient (Wildman–Crippen LogP) is 3.68. The second kappa shape index (κ2) is 8.22. The van der Waals surface area contributed by atoms with Gasteiger partial charge < -0.3 is 5.32 Å². The summed E-state index contributed by atoms with van der Waals surface area (Å²) < 4.78 is 27.6. The number of pyridine rings is 1. The number of aryl methyl sites for hydroxylation is 1. The van der Waals surface area contributed by atoms with E-state index in [0.29, 0.717) is 11.3 Å². The maximum absolute atomic E-state index is 12.5. The van der Waals surface area contributed by atoms with Crippen LogP contribution in [0, 0.1) is 6.92 Å². The molecule has 1 unspecified atom stereocenters. The van der Waals surface area contributed by atoms with E-state index in [9.17, 15) is 13.2 Å². The third-order valence-corrected chi connectivity index (χ3v) is 5.68. The normalized spacial score (nSPS) is 12.2. The molecular formula is C21H21N3O3S. The van der Waals surface area contributed by atoms with Crippen LogP contribution in [0.15, 0.2) is 78.0 Å². The Kier molecular flexibility index (Phi) is 5.75. The van der Waals surface area contributed by atoms with Gasteiger partial charge in [0.15, 0.2) is 0 Å². The van der Waals surface area contributed by atoms with Crippen molar-refractivity contribution in [2.24, 2.45) is 0 Å². The number of nitrogens with one attached hydrogen (secondary N) is 2. The Hall–Kier alpha value is -3.19. The third kappa shape index (κ3) is 4.75. The van der Waals surface area contributed by atoms with Gasteiger partial charge >= 0.3 is 0 Å². The average molecular weight is 395 g/mol. The fourth-order valence-corrected chi connectivity index (χ4v) is 3.70. The van der Waals surface area contributed by atoms with Crippen molar-refractivity contribution in [2.75, 3.05) is 4.72 Å². The molecule has 3 aromatic rings. The second-order valence-electron chi connectivity index (χ2n) is 6.47. The summed E-state index contributed by atoms with van der Waals surface area (Å²) in [5.41, 5.74) is 2.85. The first-order valence-electron chi connectivity index (χ1n) is 8.75. The lowest BCUT2D eigenvalue weighted by Gasteiger charge is -2.14. The summed E-state index contributed by atoms with van der Waals surface area (Å²) in [6.45, 7) is 3.80. The number of hydrogen-bond acceptors (Lipinski definition) is 4. The average Bonchev–Trinajstić information content (AvgIpc) is 2.70. The smallest absolute Gasteiger partial charge is 0.261 e. The number of sulfonamides is 1. The topological polar surface area (TPSA) is 88.2 Å². The van der Waals surface area contributed by atoms with Crippen molar-refractivity contribution in [3.8, 4) is 0 Å². The molecular weight excluding hydrogens is 374 g/mol. The number of benzene rings is 2. The van der Waals surface area contributed by atoms with Crippen molar-refractivity contribution in [2.45, 2.75) is 24.8 Å². The second-order valence-corrected chi connectivity index (χ2v) is 8.15. The van der Waals surface area contributed by atoms with Crippen molar-refractivity contribution in [1.29, 1.82) is 0 Å². The summed E-state index contributed by atoms with van der Waals surface area (Å²) in [6, 6.07) is 16.4. The standard InChI is InChI=1S/C21H21N3O3S/c1-15-3-7-19(8-4-15)24-28(26,27)20-9-5-18(6-10-20)21(25)23-16(2)17-11-13-22-14-12-17/h3-14,16,24H,1-2H3,(H,23,25). The largest absolute Gasteiger partial charge is 0.346 e. The van der Waals surface area contributed by atoms with Gasteiger partial charge in [0.05, 0.1) is 10.9 Å². The van der Waals surface area contributed by atoms with E-state index >= 15 is 0 Å². The molecule has 2 aromatic carbocycles. The number of aromatic nitrogens is 1. The van der Waals surface area contributed by atoms with Crippen molar-refractivity contribution < 1.29 is 13.2 Å². The Morgan fingerprint density at radius 3 is 2.14 bits per heavy atom. The zero-order chi connectivity index (χ0) is 20.1. The van der Waals surface area contributed by atoms with E-state index in [2.05, 4.69) is 15.0 Å². The molecule has 0 radical (unpaired) electrons. The molecule has 28 heavy (non-hydrogen) atoms. The van der Waals surface area contributed by atoms with Crippen LogP contribution in [0.1, 0.15) is 34.5 Å². The van der Waals surface area contributed by atoms with Crippen molar-refractivity contribution in [1.82, 2.24) is 10.3 Å². The van der Waals surface area contributed by atoms with Crippen LogP contribution in [-0.4, -0.2) is 19.3 Å². The molecule has 0 aliphatic carbocycles. The molecule has 0 aliphatic heterocycles. The number of rotatable bonds is 6. The fraction of sp³-hybridized carbons (Fsp3) is 0.143. The SMILES string of the molecule is Cc1ccc(NS(=O)(=O)c2ccc(C(=O)NC(C)c3ccncc3)cc2)cc1. The number of anilines is 1. The highest BCUT2D eigenvalue weighted by atomic mass is 32.2. The van der Waals surface area contributed by atoms with Crippen molar-refractivity contribution in [3.05, 3.63) is 89.7 Å². The van der Waals surface area contributed by atoms with E-state index in [-0.39, 0.29) is 16.8 Å². The van der Waals surface area contributed by atoms with Crippen LogP contribution in [0.5, 0.6) is 0 Å². The summed E-state index contributed by atoms with van der Waals surface area (Å²) in [6.07, 6.45) is 3.33. The lowest BCUT2D eigenvalue weighted by Crippen LogP contribution is -2.26. The maximum atomic E-state index is 12.5. The minimum absolute atomic E-state index is 0.0896. The molecule has 0 spiro atoms. The Labute approximate surface area is 164 Å². The van der Waals surface area contributed by atoms with Gasteiger partial charge in [-0.15, -0.1) is 0 Å². The van der Waals surface area contributed by atoms with Gasteiger partial charge in [-0.1, -0.05) is 17.7 Å². The number of nitrogens with zero attached hydrogens (tertiary/aromatic N) is 1. The van der Waals surface area contributed by atoms with Gasteiger partial charge in [-0.05, 0) is 67.9 Å². The van der Waals surface area contributed by atoms with Crippen LogP contribution >= 0.6 is 0 Å². The highest BCUT2D eigenvalue weighted by Crippen LogP contribution is 2.18. The van der Waals surface area contributed by atoms with Crippen molar-refractivity contribution >= 4 is 21.6 Å².